The second-order valence-electron chi connectivity index (χ2n) is 8.25. The Bertz CT molecular complexity index is 1530. The van der Waals surface area contributed by atoms with E-state index in [4.69, 9.17) is 27.9 Å². The van der Waals surface area contributed by atoms with Crippen LogP contribution in [0.25, 0.3) is 6.08 Å². The van der Waals surface area contributed by atoms with Crippen molar-refractivity contribution >= 4 is 109 Å². The van der Waals surface area contributed by atoms with Crippen LogP contribution in [0, 0.1) is 7.14 Å². The van der Waals surface area contributed by atoms with Crippen LogP contribution in [-0.4, -0.2) is 28.5 Å². The molecule has 1 heterocycles. The number of amides is 3. The van der Waals surface area contributed by atoms with E-state index in [1.807, 2.05) is 0 Å². The number of anilines is 1. The Hall–Kier alpha value is -2.01. The van der Waals surface area contributed by atoms with Crippen LogP contribution < -0.4 is 10.1 Å². The Labute approximate surface area is 267 Å². The number of hydrogen-bond acceptors (Lipinski definition) is 5. The minimum absolute atomic E-state index is 0.104. The van der Waals surface area contributed by atoms with Crippen LogP contribution in [0.15, 0.2) is 59.5 Å². The Morgan fingerprint density at radius 3 is 2.38 bits per heavy atom. The number of nitrogens with one attached hydrogen (secondary N) is 1. The van der Waals surface area contributed by atoms with Gasteiger partial charge in [-0.3, -0.25) is 19.3 Å². The summed E-state index contributed by atoms with van der Waals surface area (Å²) < 4.78 is 46.3. The largest absolute Gasteiger partial charge is 0.487 e. The molecule has 4 rings (SSSR count). The summed E-state index contributed by atoms with van der Waals surface area (Å²) in [4.78, 5) is 38.6. The van der Waals surface area contributed by atoms with Gasteiger partial charge in [0.15, 0.2) is 0 Å². The van der Waals surface area contributed by atoms with Crippen molar-refractivity contribution in [3.05, 3.63) is 93.4 Å². The van der Waals surface area contributed by atoms with E-state index in [1.165, 1.54) is 12.1 Å². The molecule has 1 saturated heterocycles. The molecule has 208 valence electrons. The zero-order valence-electron chi connectivity index (χ0n) is 19.8. The van der Waals surface area contributed by atoms with Gasteiger partial charge in [-0.05, 0) is 117 Å². The topological polar surface area (TPSA) is 75.7 Å². The molecule has 0 unspecified atom stereocenters. The Balaban J connectivity index is 1.43. The van der Waals surface area contributed by atoms with Crippen LogP contribution in [0.3, 0.4) is 0 Å². The van der Waals surface area contributed by atoms with Crippen molar-refractivity contribution in [2.24, 2.45) is 0 Å². The number of carbonyl (C=O) groups is 3. The van der Waals surface area contributed by atoms with Crippen LogP contribution >= 0.6 is 80.1 Å². The van der Waals surface area contributed by atoms with E-state index in [9.17, 15) is 27.6 Å². The molecule has 3 aromatic rings. The summed E-state index contributed by atoms with van der Waals surface area (Å²) in [5, 5.41) is 2.49. The van der Waals surface area contributed by atoms with Gasteiger partial charge in [0, 0.05) is 5.69 Å². The Morgan fingerprint density at radius 2 is 1.73 bits per heavy atom. The maximum Gasteiger partial charge on any atom is 0.416 e. The smallest absolute Gasteiger partial charge is 0.416 e. The maximum atomic E-state index is 12.9. The summed E-state index contributed by atoms with van der Waals surface area (Å²) >= 11 is 16.9. The van der Waals surface area contributed by atoms with Crippen molar-refractivity contribution in [1.82, 2.24) is 4.90 Å². The van der Waals surface area contributed by atoms with Crippen molar-refractivity contribution in [3.63, 3.8) is 0 Å². The van der Waals surface area contributed by atoms with E-state index in [0.717, 1.165) is 35.8 Å². The van der Waals surface area contributed by atoms with E-state index >= 15 is 0 Å². The molecular formula is C26H15Cl2F3I2N2O4S. The molecular weight excluding hydrogens is 818 g/mol. The lowest BCUT2D eigenvalue weighted by atomic mass is 10.2. The number of rotatable bonds is 7. The van der Waals surface area contributed by atoms with Gasteiger partial charge >= 0.3 is 6.18 Å². The predicted molar refractivity (Wildman–Crippen MR) is 165 cm³/mol. The number of benzene rings is 3. The number of halogens is 7. The summed E-state index contributed by atoms with van der Waals surface area (Å²) in [7, 11) is 0. The number of ether oxygens (including phenoxy) is 1. The van der Waals surface area contributed by atoms with Crippen molar-refractivity contribution in [2.45, 2.75) is 12.8 Å². The molecule has 0 aromatic heterocycles. The normalized spacial score (nSPS) is 14.7. The standard InChI is InChI=1S/C26H15Cl2F3I2N2O4S/c27-17-5-4-13(6-18(17)28)12-39-23-19(32)7-14(8-20(23)33)9-21-24(37)35(25(38)40-21)11-22(36)34-16-3-1-2-15(10-16)26(29,30)31/h1-10H,11-12H2,(H,34,36)/b21-9-. The third-order valence-corrected chi connectivity index (χ3v) is 8.58. The van der Waals surface area contributed by atoms with Crippen LogP contribution in [0.2, 0.25) is 10.0 Å². The molecule has 0 saturated carbocycles. The van der Waals surface area contributed by atoms with Gasteiger partial charge in [-0.2, -0.15) is 13.2 Å². The van der Waals surface area contributed by atoms with Gasteiger partial charge in [-0.15, -0.1) is 0 Å². The van der Waals surface area contributed by atoms with Gasteiger partial charge in [0.25, 0.3) is 11.1 Å². The predicted octanol–water partition coefficient (Wildman–Crippen LogP) is 8.48. The highest BCUT2D eigenvalue weighted by Gasteiger charge is 2.36. The minimum Gasteiger partial charge on any atom is -0.487 e. The number of nitrogens with zero attached hydrogens (tertiary/aromatic N) is 1. The third-order valence-electron chi connectivity index (χ3n) is 5.33. The molecule has 1 aliphatic rings. The summed E-state index contributed by atoms with van der Waals surface area (Å²) in [6.07, 6.45) is -3.05. The quantitative estimate of drug-likeness (QED) is 0.191. The van der Waals surface area contributed by atoms with Crippen LogP contribution in [0.1, 0.15) is 16.7 Å². The fraction of sp³-hybridized carbons (Fsp3) is 0.115. The average molecular weight is 833 g/mol. The van der Waals surface area contributed by atoms with Crippen molar-refractivity contribution < 1.29 is 32.3 Å². The summed E-state index contributed by atoms with van der Waals surface area (Å²) in [5.41, 5.74) is 0.424. The van der Waals surface area contributed by atoms with Gasteiger partial charge in [-0.25, -0.2) is 0 Å². The zero-order valence-corrected chi connectivity index (χ0v) is 26.5. The van der Waals surface area contributed by atoms with Crippen LogP contribution in [0.5, 0.6) is 5.75 Å². The first-order valence-electron chi connectivity index (χ1n) is 11.1. The first-order valence-corrected chi connectivity index (χ1v) is 14.8. The second-order valence-corrected chi connectivity index (χ2v) is 12.4. The highest BCUT2D eigenvalue weighted by molar-refractivity contribution is 14.1. The van der Waals surface area contributed by atoms with Gasteiger partial charge < -0.3 is 10.1 Å². The lowest BCUT2D eigenvalue weighted by Crippen LogP contribution is -2.36. The molecule has 0 bridgehead atoms. The molecule has 6 nitrogen and oxygen atoms in total. The first-order chi connectivity index (χ1) is 18.8. The SMILES string of the molecule is O=C(CN1C(=O)S/C(=C\c2cc(I)c(OCc3ccc(Cl)c(Cl)c3)c(I)c2)C1=O)Nc1cccc(C(F)(F)F)c1. The molecule has 1 fully saturated rings. The highest BCUT2D eigenvalue weighted by atomic mass is 127. The lowest BCUT2D eigenvalue weighted by molar-refractivity contribution is -0.137. The molecule has 1 aliphatic heterocycles. The molecule has 40 heavy (non-hydrogen) atoms. The fourth-order valence-electron chi connectivity index (χ4n) is 3.49. The molecule has 0 atom stereocenters. The summed E-state index contributed by atoms with van der Waals surface area (Å²) in [5.74, 6) is -0.863. The maximum absolute atomic E-state index is 12.9. The van der Waals surface area contributed by atoms with Gasteiger partial charge in [0.05, 0.1) is 27.7 Å². The first kappa shape index (κ1) is 30.9. The number of hydrogen-bond donors (Lipinski definition) is 1. The van der Waals surface area contributed by atoms with Gasteiger partial charge in [0.2, 0.25) is 5.91 Å². The molecule has 3 aromatic carbocycles. The molecule has 14 heteroatoms. The zero-order chi connectivity index (χ0) is 29.2. The van der Waals surface area contributed by atoms with Crippen LogP contribution in [0.4, 0.5) is 23.7 Å². The second kappa shape index (κ2) is 12.9. The Kier molecular flexibility index (Phi) is 9.96. The number of thioether (sulfide) groups is 1. The van der Waals surface area contributed by atoms with Crippen molar-refractivity contribution in [3.8, 4) is 5.75 Å². The van der Waals surface area contributed by atoms with E-state index in [2.05, 4.69) is 50.5 Å². The van der Waals surface area contributed by atoms with E-state index in [0.29, 0.717) is 33.1 Å². The number of alkyl halides is 3. The molecule has 0 spiro atoms. The average Bonchev–Trinajstić information content (AvgIpc) is 3.12. The van der Waals surface area contributed by atoms with E-state index in [-0.39, 0.29) is 17.2 Å². The highest BCUT2D eigenvalue weighted by Crippen LogP contribution is 2.36. The lowest BCUT2D eigenvalue weighted by Gasteiger charge is -2.14. The van der Waals surface area contributed by atoms with E-state index in [1.54, 1.807) is 30.3 Å². The number of imide groups is 1. The van der Waals surface area contributed by atoms with Crippen LogP contribution in [-0.2, 0) is 22.4 Å². The third kappa shape index (κ3) is 7.63. The Morgan fingerprint density at radius 1 is 1.02 bits per heavy atom. The van der Waals surface area contributed by atoms with Crippen molar-refractivity contribution in [2.75, 3.05) is 11.9 Å². The monoisotopic (exact) mass is 832 g/mol. The van der Waals surface area contributed by atoms with E-state index < -0.39 is 35.3 Å². The molecule has 0 aliphatic carbocycles. The molecule has 1 N–H and O–H groups in total. The summed E-state index contributed by atoms with van der Waals surface area (Å²) in [6.45, 7) is -0.390. The van der Waals surface area contributed by atoms with Crippen molar-refractivity contribution in [1.29, 1.82) is 0 Å². The molecule has 0 radical (unpaired) electrons. The summed E-state index contributed by atoms with van der Waals surface area (Å²) in [6, 6.07) is 12.8. The molecule has 3 amide bonds. The fourth-order valence-corrected chi connectivity index (χ4v) is 6.78. The number of carbonyl (C=O) groups excluding carboxylic acids is 3. The van der Waals surface area contributed by atoms with Gasteiger partial charge in [0.1, 0.15) is 18.9 Å². The minimum atomic E-state index is -4.58. The van der Waals surface area contributed by atoms with Gasteiger partial charge in [-0.1, -0.05) is 35.3 Å².